The maximum atomic E-state index is 12.5. The minimum atomic E-state index is -0.181. The fourth-order valence-electron chi connectivity index (χ4n) is 2.87. The third-order valence-electron chi connectivity index (χ3n) is 4.37. The van der Waals surface area contributed by atoms with E-state index in [0.717, 1.165) is 42.2 Å². The first-order valence-electron chi connectivity index (χ1n) is 8.20. The minimum Gasteiger partial charge on any atom is -0.354 e. The second kappa shape index (κ2) is 8.17. The summed E-state index contributed by atoms with van der Waals surface area (Å²) in [5, 5.41) is 3.62. The van der Waals surface area contributed by atoms with Crippen molar-refractivity contribution in [2.24, 2.45) is 0 Å². The second-order valence-electron chi connectivity index (χ2n) is 6.03. The maximum Gasteiger partial charge on any atom is 0.241 e. The molecule has 25 heavy (non-hydrogen) atoms. The number of halogens is 2. The molecule has 1 amide bonds. The zero-order valence-corrected chi connectivity index (χ0v) is 16.3. The van der Waals surface area contributed by atoms with E-state index in [2.05, 4.69) is 36.0 Å². The summed E-state index contributed by atoms with van der Waals surface area (Å²) in [7, 11) is 0. The predicted octanol–water partition coefficient (Wildman–Crippen LogP) is 3.65. The van der Waals surface area contributed by atoms with Crippen LogP contribution in [0.1, 0.15) is 6.92 Å². The molecule has 2 aromatic rings. The van der Waals surface area contributed by atoms with E-state index in [4.69, 9.17) is 11.6 Å². The molecule has 1 aromatic heterocycles. The van der Waals surface area contributed by atoms with Crippen molar-refractivity contribution in [1.29, 1.82) is 0 Å². The Kier molecular flexibility index (Phi) is 5.93. The average Bonchev–Trinajstić information content (AvgIpc) is 2.62. The predicted molar refractivity (Wildman–Crippen MR) is 105 cm³/mol. The third-order valence-corrected chi connectivity index (χ3v) is 5.09. The summed E-state index contributed by atoms with van der Waals surface area (Å²) in [5.41, 5.74) is 0.801. The van der Waals surface area contributed by atoms with Crippen LogP contribution in [0.25, 0.3) is 0 Å². The average molecular weight is 424 g/mol. The molecule has 1 aliphatic heterocycles. The Balaban J connectivity index is 1.54. The first kappa shape index (κ1) is 18.2. The number of hydrogen-bond acceptors (Lipinski definition) is 4. The lowest BCUT2D eigenvalue weighted by Gasteiger charge is -2.38. The highest BCUT2D eigenvalue weighted by Crippen LogP contribution is 2.19. The molecule has 132 valence electrons. The Labute approximate surface area is 161 Å². The molecule has 1 fully saturated rings. The molecule has 1 N–H and O–H groups in total. The minimum absolute atomic E-state index is 0.0103. The molecule has 0 radical (unpaired) electrons. The Hall–Kier alpha value is -1.63. The van der Waals surface area contributed by atoms with E-state index in [1.165, 1.54) is 0 Å². The molecule has 7 heteroatoms. The SMILES string of the molecule is CC(C(=O)Nc1cccc(Br)c1)N1CCN(c2ccc(Cl)cn2)CC1. The number of piperazine rings is 1. The molecule has 1 saturated heterocycles. The van der Waals surface area contributed by atoms with Gasteiger partial charge < -0.3 is 10.2 Å². The summed E-state index contributed by atoms with van der Waals surface area (Å²) < 4.78 is 0.946. The van der Waals surface area contributed by atoms with Gasteiger partial charge in [0, 0.05) is 42.5 Å². The topological polar surface area (TPSA) is 48.5 Å². The van der Waals surface area contributed by atoms with Crippen LogP contribution in [0.5, 0.6) is 0 Å². The van der Waals surface area contributed by atoms with Gasteiger partial charge in [0.15, 0.2) is 0 Å². The summed E-state index contributed by atoms with van der Waals surface area (Å²) in [6.45, 7) is 5.25. The molecular formula is C18H20BrClN4O. The number of nitrogens with zero attached hydrogens (tertiary/aromatic N) is 3. The Bertz CT molecular complexity index is 732. The van der Waals surface area contributed by atoms with Gasteiger partial charge in [0.2, 0.25) is 5.91 Å². The van der Waals surface area contributed by atoms with Crippen molar-refractivity contribution in [2.45, 2.75) is 13.0 Å². The number of carbonyl (C=O) groups is 1. The number of carbonyl (C=O) groups excluding carboxylic acids is 1. The molecule has 0 bridgehead atoms. The summed E-state index contributed by atoms with van der Waals surface area (Å²) in [6, 6.07) is 11.2. The van der Waals surface area contributed by atoms with Gasteiger partial charge in [-0.15, -0.1) is 0 Å². The standard InChI is InChI=1S/C18H20BrClN4O/c1-13(18(25)22-16-4-2-3-14(19)11-16)23-7-9-24(10-8-23)17-6-5-15(20)12-21-17/h2-6,11-13H,7-10H2,1H3,(H,22,25). The fourth-order valence-corrected chi connectivity index (χ4v) is 3.38. The van der Waals surface area contributed by atoms with Gasteiger partial charge in [-0.2, -0.15) is 0 Å². The number of benzene rings is 1. The highest BCUT2D eigenvalue weighted by Gasteiger charge is 2.26. The molecular weight excluding hydrogens is 404 g/mol. The van der Waals surface area contributed by atoms with Crippen LogP contribution in [0.15, 0.2) is 47.1 Å². The molecule has 1 aliphatic rings. The lowest BCUT2D eigenvalue weighted by Crippen LogP contribution is -2.53. The number of rotatable bonds is 4. The third kappa shape index (κ3) is 4.71. The van der Waals surface area contributed by atoms with Gasteiger partial charge >= 0.3 is 0 Å². The molecule has 0 saturated carbocycles. The fraction of sp³-hybridized carbons (Fsp3) is 0.333. The zero-order chi connectivity index (χ0) is 17.8. The van der Waals surface area contributed by atoms with Crippen LogP contribution in [-0.2, 0) is 4.79 Å². The summed E-state index contributed by atoms with van der Waals surface area (Å²) >= 11 is 9.31. The van der Waals surface area contributed by atoms with Gasteiger partial charge in [-0.05, 0) is 37.3 Å². The van der Waals surface area contributed by atoms with Crippen molar-refractivity contribution < 1.29 is 4.79 Å². The van der Waals surface area contributed by atoms with Gasteiger partial charge in [-0.25, -0.2) is 4.98 Å². The Morgan fingerprint density at radius 2 is 2.00 bits per heavy atom. The Morgan fingerprint density at radius 3 is 2.64 bits per heavy atom. The number of hydrogen-bond donors (Lipinski definition) is 1. The number of anilines is 2. The molecule has 0 aliphatic carbocycles. The highest BCUT2D eigenvalue weighted by atomic mass is 79.9. The first-order valence-corrected chi connectivity index (χ1v) is 9.37. The maximum absolute atomic E-state index is 12.5. The molecule has 0 spiro atoms. The smallest absolute Gasteiger partial charge is 0.241 e. The van der Waals surface area contributed by atoms with Crippen molar-refractivity contribution in [1.82, 2.24) is 9.88 Å². The summed E-state index contributed by atoms with van der Waals surface area (Å²) in [5.74, 6) is 0.937. The van der Waals surface area contributed by atoms with Gasteiger partial charge in [0.25, 0.3) is 0 Å². The van der Waals surface area contributed by atoms with Crippen LogP contribution < -0.4 is 10.2 Å². The van der Waals surface area contributed by atoms with Gasteiger partial charge in [0.1, 0.15) is 5.82 Å². The quantitative estimate of drug-likeness (QED) is 0.815. The molecule has 1 atom stereocenters. The molecule has 1 unspecified atom stereocenters. The van der Waals surface area contributed by atoms with Crippen LogP contribution in [0.3, 0.4) is 0 Å². The summed E-state index contributed by atoms with van der Waals surface area (Å²) in [4.78, 5) is 21.3. The van der Waals surface area contributed by atoms with E-state index in [0.29, 0.717) is 5.02 Å². The van der Waals surface area contributed by atoms with Crippen molar-refractivity contribution in [3.8, 4) is 0 Å². The summed E-state index contributed by atoms with van der Waals surface area (Å²) in [6.07, 6.45) is 1.66. The van der Waals surface area contributed by atoms with Gasteiger partial charge in [-0.3, -0.25) is 9.69 Å². The van der Waals surface area contributed by atoms with Crippen LogP contribution in [0, 0.1) is 0 Å². The normalized spacial score (nSPS) is 16.5. The highest BCUT2D eigenvalue weighted by molar-refractivity contribution is 9.10. The van der Waals surface area contributed by atoms with Crippen molar-refractivity contribution >= 4 is 44.9 Å². The Morgan fingerprint density at radius 1 is 1.24 bits per heavy atom. The molecule has 5 nitrogen and oxygen atoms in total. The molecule has 1 aromatic carbocycles. The first-order chi connectivity index (χ1) is 12.0. The van der Waals surface area contributed by atoms with E-state index in [1.807, 2.05) is 43.3 Å². The molecule has 2 heterocycles. The second-order valence-corrected chi connectivity index (χ2v) is 7.39. The van der Waals surface area contributed by atoms with E-state index in [9.17, 15) is 4.79 Å². The molecule has 3 rings (SSSR count). The van der Waals surface area contributed by atoms with E-state index in [-0.39, 0.29) is 11.9 Å². The zero-order valence-electron chi connectivity index (χ0n) is 14.0. The van der Waals surface area contributed by atoms with Crippen LogP contribution in [0.4, 0.5) is 11.5 Å². The van der Waals surface area contributed by atoms with Crippen molar-refractivity contribution in [2.75, 3.05) is 36.4 Å². The number of nitrogens with one attached hydrogen (secondary N) is 1. The lowest BCUT2D eigenvalue weighted by molar-refractivity contribution is -0.120. The number of amides is 1. The van der Waals surface area contributed by atoms with E-state index >= 15 is 0 Å². The van der Waals surface area contributed by atoms with Crippen LogP contribution in [-0.4, -0.2) is 48.0 Å². The number of pyridine rings is 1. The van der Waals surface area contributed by atoms with Crippen molar-refractivity contribution in [3.63, 3.8) is 0 Å². The van der Waals surface area contributed by atoms with E-state index < -0.39 is 0 Å². The lowest BCUT2D eigenvalue weighted by atomic mass is 10.2. The van der Waals surface area contributed by atoms with Gasteiger partial charge in [-0.1, -0.05) is 33.6 Å². The largest absolute Gasteiger partial charge is 0.354 e. The van der Waals surface area contributed by atoms with Crippen LogP contribution >= 0.6 is 27.5 Å². The van der Waals surface area contributed by atoms with Crippen LogP contribution in [0.2, 0.25) is 5.02 Å². The monoisotopic (exact) mass is 422 g/mol. The van der Waals surface area contributed by atoms with Crippen molar-refractivity contribution in [3.05, 3.63) is 52.1 Å². The van der Waals surface area contributed by atoms with Gasteiger partial charge in [0.05, 0.1) is 11.1 Å². The number of aromatic nitrogens is 1. The van der Waals surface area contributed by atoms with E-state index in [1.54, 1.807) is 6.20 Å².